The van der Waals surface area contributed by atoms with Crippen molar-refractivity contribution in [1.29, 1.82) is 0 Å². The highest BCUT2D eigenvalue weighted by atomic mass is 16.3. The van der Waals surface area contributed by atoms with Gasteiger partial charge < -0.3 is 20.4 Å². The smallest absolute Gasteiger partial charge is 0.0650 e. The van der Waals surface area contributed by atoms with Crippen LogP contribution in [0, 0.1) is 0 Å². The van der Waals surface area contributed by atoms with Gasteiger partial charge in [0.15, 0.2) is 0 Å². The van der Waals surface area contributed by atoms with Crippen molar-refractivity contribution >= 4 is 5.69 Å². The summed E-state index contributed by atoms with van der Waals surface area (Å²) in [7, 11) is 4.02. The molecule has 4 heteroatoms. The molecule has 0 heterocycles. The standard InChI is InChI=1S/C15H26N2O2/c1-5-15(10-18,11-19)16-12(2)13-6-8-14(9-7-13)17(3)4/h6-9,12,16,18-19H,5,10-11H2,1-4H3. The molecule has 0 saturated carbocycles. The zero-order valence-electron chi connectivity index (χ0n) is 12.3. The molecule has 0 aliphatic heterocycles. The van der Waals surface area contributed by atoms with Crippen LogP contribution < -0.4 is 10.2 Å². The predicted molar refractivity (Wildman–Crippen MR) is 79.5 cm³/mol. The number of hydrogen-bond acceptors (Lipinski definition) is 4. The van der Waals surface area contributed by atoms with E-state index in [9.17, 15) is 10.2 Å². The Kier molecular flexibility index (Phi) is 5.79. The lowest BCUT2D eigenvalue weighted by atomic mass is 9.95. The zero-order chi connectivity index (χ0) is 14.5. The van der Waals surface area contributed by atoms with E-state index >= 15 is 0 Å². The van der Waals surface area contributed by atoms with Crippen molar-refractivity contribution in [2.75, 3.05) is 32.2 Å². The number of rotatable bonds is 7. The Morgan fingerprint density at radius 3 is 2.05 bits per heavy atom. The van der Waals surface area contributed by atoms with Crippen LogP contribution >= 0.6 is 0 Å². The largest absolute Gasteiger partial charge is 0.394 e. The summed E-state index contributed by atoms with van der Waals surface area (Å²) in [4.78, 5) is 2.06. The summed E-state index contributed by atoms with van der Waals surface area (Å²) in [6.45, 7) is 3.86. The Bertz CT molecular complexity index is 364. The monoisotopic (exact) mass is 266 g/mol. The molecule has 0 aromatic heterocycles. The van der Waals surface area contributed by atoms with Crippen LogP contribution in [0.5, 0.6) is 0 Å². The first kappa shape index (κ1) is 16.0. The van der Waals surface area contributed by atoms with E-state index in [0.717, 1.165) is 11.3 Å². The molecule has 0 aliphatic rings. The van der Waals surface area contributed by atoms with Gasteiger partial charge in [-0.1, -0.05) is 19.1 Å². The van der Waals surface area contributed by atoms with Crippen LogP contribution in [0.3, 0.4) is 0 Å². The first-order valence-corrected chi connectivity index (χ1v) is 6.74. The van der Waals surface area contributed by atoms with E-state index < -0.39 is 5.54 Å². The minimum Gasteiger partial charge on any atom is -0.394 e. The van der Waals surface area contributed by atoms with Crippen molar-refractivity contribution in [2.24, 2.45) is 0 Å². The molecule has 0 aliphatic carbocycles. The second-order valence-corrected chi connectivity index (χ2v) is 5.30. The van der Waals surface area contributed by atoms with Gasteiger partial charge in [-0.15, -0.1) is 0 Å². The summed E-state index contributed by atoms with van der Waals surface area (Å²) in [6.07, 6.45) is 0.681. The van der Waals surface area contributed by atoms with Gasteiger partial charge in [-0.05, 0) is 31.0 Å². The summed E-state index contributed by atoms with van der Waals surface area (Å²) in [5, 5.41) is 22.3. The van der Waals surface area contributed by atoms with Crippen LogP contribution in [-0.2, 0) is 0 Å². The summed E-state index contributed by atoms with van der Waals surface area (Å²) in [6, 6.07) is 8.36. The molecule has 3 N–H and O–H groups in total. The van der Waals surface area contributed by atoms with Crippen molar-refractivity contribution in [3.63, 3.8) is 0 Å². The Morgan fingerprint density at radius 1 is 1.16 bits per heavy atom. The van der Waals surface area contributed by atoms with Crippen molar-refractivity contribution in [3.05, 3.63) is 29.8 Å². The third-order valence-electron chi connectivity index (χ3n) is 3.71. The Hall–Kier alpha value is -1.10. The predicted octanol–water partition coefficient (Wildman–Crippen LogP) is 1.54. The van der Waals surface area contributed by atoms with Crippen molar-refractivity contribution in [3.8, 4) is 0 Å². The van der Waals surface area contributed by atoms with Crippen LogP contribution in [-0.4, -0.2) is 43.1 Å². The zero-order valence-corrected chi connectivity index (χ0v) is 12.3. The summed E-state index contributed by atoms with van der Waals surface area (Å²) in [5.41, 5.74) is 1.69. The maximum Gasteiger partial charge on any atom is 0.0650 e. The molecular weight excluding hydrogens is 240 g/mol. The van der Waals surface area contributed by atoms with Crippen LogP contribution in [0.2, 0.25) is 0 Å². The van der Waals surface area contributed by atoms with Gasteiger partial charge in [0.1, 0.15) is 0 Å². The number of aliphatic hydroxyl groups excluding tert-OH is 2. The van der Waals surface area contributed by atoms with Crippen LogP contribution in [0.4, 0.5) is 5.69 Å². The normalized spacial score (nSPS) is 13.4. The van der Waals surface area contributed by atoms with E-state index in [1.54, 1.807) is 0 Å². The molecule has 0 bridgehead atoms. The third kappa shape index (κ3) is 3.93. The molecule has 19 heavy (non-hydrogen) atoms. The van der Waals surface area contributed by atoms with Gasteiger partial charge >= 0.3 is 0 Å². The number of anilines is 1. The molecule has 1 atom stereocenters. The number of nitrogens with zero attached hydrogens (tertiary/aromatic N) is 1. The fourth-order valence-electron chi connectivity index (χ4n) is 2.07. The highest BCUT2D eigenvalue weighted by molar-refractivity contribution is 5.46. The molecule has 1 unspecified atom stereocenters. The maximum absolute atomic E-state index is 9.46. The van der Waals surface area contributed by atoms with E-state index in [2.05, 4.69) is 34.5 Å². The highest BCUT2D eigenvalue weighted by Gasteiger charge is 2.28. The van der Waals surface area contributed by atoms with Gasteiger partial charge in [-0.3, -0.25) is 0 Å². The van der Waals surface area contributed by atoms with Crippen molar-refractivity contribution in [2.45, 2.75) is 31.8 Å². The molecule has 4 nitrogen and oxygen atoms in total. The summed E-state index contributed by atoms with van der Waals surface area (Å²) >= 11 is 0. The lowest BCUT2D eigenvalue weighted by Crippen LogP contribution is -2.52. The molecule has 108 valence electrons. The minimum atomic E-state index is -0.611. The average molecular weight is 266 g/mol. The van der Waals surface area contributed by atoms with Gasteiger partial charge in [0.05, 0.1) is 18.8 Å². The topological polar surface area (TPSA) is 55.7 Å². The Labute approximate surface area is 116 Å². The van der Waals surface area contributed by atoms with E-state index in [0.29, 0.717) is 6.42 Å². The molecule has 0 amide bonds. The van der Waals surface area contributed by atoms with Crippen LogP contribution in [0.25, 0.3) is 0 Å². The number of nitrogens with one attached hydrogen (secondary N) is 1. The SMILES string of the molecule is CCC(CO)(CO)NC(C)c1ccc(N(C)C)cc1. The van der Waals surface area contributed by atoms with Gasteiger partial charge in [0.25, 0.3) is 0 Å². The molecule has 1 aromatic carbocycles. The summed E-state index contributed by atoms with van der Waals surface area (Å²) in [5.74, 6) is 0. The maximum atomic E-state index is 9.46. The number of aliphatic hydroxyl groups is 2. The quantitative estimate of drug-likeness (QED) is 0.700. The second-order valence-electron chi connectivity index (χ2n) is 5.30. The molecular formula is C15H26N2O2. The van der Waals surface area contributed by atoms with Gasteiger partial charge in [-0.2, -0.15) is 0 Å². The van der Waals surface area contributed by atoms with Crippen LogP contribution in [0.15, 0.2) is 24.3 Å². The van der Waals surface area contributed by atoms with Crippen molar-refractivity contribution in [1.82, 2.24) is 5.32 Å². The van der Waals surface area contributed by atoms with Crippen LogP contribution in [0.1, 0.15) is 31.9 Å². The number of hydrogen-bond donors (Lipinski definition) is 3. The fourth-order valence-corrected chi connectivity index (χ4v) is 2.07. The molecule has 0 saturated heterocycles. The summed E-state index contributed by atoms with van der Waals surface area (Å²) < 4.78 is 0. The number of benzene rings is 1. The first-order valence-electron chi connectivity index (χ1n) is 6.74. The van der Waals surface area contributed by atoms with E-state index in [4.69, 9.17) is 0 Å². The molecule has 0 radical (unpaired) electrons. The van der Waals surface area contributed by atoms with Gasteiger partial charge in [-0.25, -0.2) is 0 Å². The molecule has 0 fully saturated rings. The average Bonchev–Trinajstić information content (AvgIpc) is 2.45. The van der Waals surface area contributed by atoms with Crippen molar-refractivity contribution < 1.29 is 10.2 Å². The Balaban J connectivity index is 2.79. The second kappa shape index (κ2) is 6.89. The Morgan fingerprint density at radius 2 is 1.68 bits per heavy atom. The van der Waals surface area contributed by atoms with E-state index in [-0.39, 0.29) is 19.3 Å². The molecule has 1 aromatic rings. The van der Waals surface area contributed by atoms with E-state index in [1.165, 1.54) is 0 Å². The van der Waals surface area contributed by atoms with E-state index in [1.807, 2.05) is 27.9 Å². The lowest BCUT2D eigenvalue weighted by Gasteiger charge is -2.33. The lowest BCUT2D eigenvalue weighted by molar-refractivity contribution is 0.0793. The highest BCUT2D eigenvalue weighted by Crippen LogP contribution is 2.21. The van der Waals surface area contributed by atoms with Gasteiger partial charge in [0.2, 0.25) is 0 Å². The van der Waals surface area contributed by atoms with Gasteiger partial charge in [0, 0.05) is 25.8 Å². The fraction of sp³-hybridized carbons (Fsp3) is 0.600. The molecule has 1 rings (SSSR count). The third-order valence-corrected chi connectivity index (χ3v) is 3.71. The first-order chi connectivity index (χ1) is 8.98. The minimum absolute atomic E-state index is 0.0693. The molecule has 0 spiro atoms.